The number of likely N-dealkylation sites (tertiary alicyclic amines) is 1. The summed E-state index contributed by atoms with van der Waals surface area (Å²) < 4.78 is 25.9. The van der Waals surface area contributed by atoms with Crippen LogP contribution in [0.4, 0.5) is 8.78 Å². The number of halogens is 2. The Hall–Kier alpha value is -1.14. The van der Waals surface area contributed by atoms with E-state index >= 15 is 0 Å². The summed E-state index contributed by atoms with van der Waals surface area (Å²) in [5.41, 5.74) is 0. The number of carbonyl (C=O) groups excluding carboxylic acids is 1. The molecule has 3 nitrogen and oxygen atoms in total. The lowest BCUT2D eigenvalue weighted by Gasteiger charge is -2.35. The largest absolute Gasteiger partial charge is 0.354 e. The first kappa shape index (κ1) is 18.2. The molecule has 0 saturated carbocycles. The van der Waals surface area contributed by atoms with Crippen molar-refractivity contribution >= 4 is 17.7 Å². The Bertz CT molecular complexity index is 527. The molecule has 0 radical (unpaired) electrons. The smallest absolute Gasteiger partial charge is 0.230 e. The van der Waals surface area contributed by atoms with Gasteiger partial charge in [0.2, 0.25) is 5.91 Å². The first-order valence-electron chi connectivity index (χ1n) is 8.18. The number of hydrogen-bond acceptors (Lipinski definition) is 3. The lowest BCUT2D eigenvalue weighted by atomic mass is 10.0. The van der Waals surface area contributed by atoms with Crippen molar-refractivity contribution in [2.45, 2.75) is 43.5 Å². The number of nitrogens with zero attached hydrogens (tertiary/aromatic N) is 1. The molecule has 1 N–H and O–H groups in total. The second-order valence-corrected chi connectivity index (χ2v) is 6.86. The minimum absolute atomic E-state index is 0.0789. The van der Waals surface area contributed by atoms with E-state index in [0.29, 0.717) is 17.5 Å². The monoisotopic (exact) mass is 342 g/mol. The lowest BCUT2D eigenvalue weighted by molar-refractivity contribution is -0.118. The van der Waals surface area contributed by atoms with Gasteiger partial charge in [0.25, 0.3) is 0 Å². The number of carbonyl (C=O) groups is 1. The molecule has 1 unspecified atom stereocenters. The molecular weight excluding hydrogens is 318 g/mol. The maximum atomic E-state index is 13.1. The highest BCUT2D eigenvalue weighted by Crippen LogP contribution is 2.20. The molecule has 1 heterocycles. The summed E-state index contributed by atoms with van der Waals surface area (Å²) in [5, 5.41) is 2.90. The second kappa shape index (κ2) is 9.23. The molecule has 0 aliphatic carbocycles. The van der Waals surface area contributed by atoms with Crippen LogP contribution in [0, 0.1) is 11.6 Å². The van der Waals surface area contributed by atoms with E-state index in [1.165, 1.54) is 37.1 Å². The Labute approximate surface area is 140 Å². The Kier molecular flexibility index (Phi) is 7.30. The number of hydrogen-bond donors (Lipinski definition) is 1. The molecule has 1 aliphatic rings. The Morgan fingerprint density at radius 3 is 2.91 bits per heavy atom. The molecule has 0 bridgehead atoms. The van der Waals surface area contributed by atoms with Crippen LogP contribution in [-0.2, 0) is 4.79 Å². The Morgan fingerprint density at radius 1 is 1.35 bits per heavy atom. The molecule has 0 aromatic heterocycles. The highest BCUT2D eigenvalue weighted by Gasteiger charge is 2.20. The average Bonchev–Trinajstić information content (AvgIpc) is 2.56. The van der Waals surface area contributed by atoms with Crippen molar-refractivity contribution in [3.63, 3.8) is 0 Å². The van der Waals surface area contributed by atoms with E-state index in [4.69, 9.17) is 0 Å². The average molecular weight is 342 g/mol. The van der Waals surface area contributed by atoms with Gasteiger partial charge in [0.15, 0.2) is 11.6 Å². The number of thioether (sulfide) groups is 1. The van der Waals surface area contributed by atoms with Crippen LogP contribution < -0.4 is 5.32 Å². The van der Waals surface area contributed by atoms with Crippen LogP contribution >= 0.6 is 11.8 Å². The molecule has 1 aromatic rings. The highest BCUT2D eigenvalue weighted by molar-refractivity contribution is 8.00. The fourth-order valence-corrected chi connectivity index (χ4v) is 3.67. The third-order valence-corrected chi connectivity index (χ3v) is 5.20. The van der Waals surface area contributed by atoms with Crippen LogP contribution in [0.25, 0.3) is 0 Å². The maximum Gasteiger partial charge on any atom is 0.230 e. The summed E-state index contributed by atoms with van der Waals surface area (Å²) in [7, 11) is 0. The molecule has 1 atom stereocenters. The van der Waals surface area contributed by atoms with E-state index in [2.05, 4.69) is 17.1 Å². The molecule has 2 rings (SSSR count). The van der Waals surface area contributed by atoms with E-state index < -0.39 is 11.6 Å². The van der Waals surface area contributed by atoms with Crippen molar-refractivity contribution in [2.75, 3.05) is 25.4 Å². The third-order valence-electron chi connectivity index (χ3n) is 4.20. The minimum atomic E-state index is -0.883. The topological polar surface area (TPSA) is 32.3 Å². The second-order valence-electron chi connectivity index (χ2n) is 5.81. The van der Waals surface area contributed by atoms with E-state index in [-0.39, 0.29) is 11.7 Å². The molecule has 23 heavy (non-hydrogen) atoms. The van der Waals surface area contributed by atoms with E-state index in [9.17, 15) is 13.6 Å². The molecule has 1 fully saturated rings. The summed E-state index contributed by atoms with van der Waals surface area (Å²) in [6, 6.07) is 4.32. The van der Waals surface area contributed by atoms with E-state index in [0.717, 1.165) is 31.6 Å². The van der Waals surface area contributed by atoms with Gasteiger partial charge in [-0.15, -0.1) is 11.8 Å². The molecule has 128 valence electrons. The lowest BCUT2D eigenvalue weighted by Crippen LogP contribution is -2.43. The number of rotatable bonds is 7. The fraction of sp³-hybridized carbons (Fsp3) is 0.588. The molecule has 1 aliphatic heterocycles. The van der Waals surface area contributed by atoms with Gasteiger partial charge in [-0.1, -0.05) is 13.3 Å². The number of nitrogens with one attached hydrogen (secondary N) is 1. The van der Waals surface area contributed by atoms with Crippen LogP contribution in [-0.4, -0.2) is 42.2 Å². The van der Waals surface area contributed by atoms with Crippen LogP contribution in [0.3, 0.4) is 0 Å². The van der Waals surface area contributed by atoms with Gasteiger partial charge in [0.1, 0.15) is 0 Å². The van der Waals surface area contributed by atoms with E-state index in [1.54, 1.807) is 0 Å². The molecule has 1 aromatic carbocycles. The fourth-order valence-electron chi connectivity index (χ4n) is 2.92. The normalized spacial score (nSPS) is 18.8. The maximum absolute atomic E-state index is 13.1. The molecule has 1 amide bonds. The number of amides is 1. The highest BCUT2D eigenvalue weighted by atomic mass is 32.2. The van der Waals surface area contributed by atoms with Gasteiger partial charge in [-0.2, -0.15) is 0 Å². The zero-order chi connectivity index (χ0) is 16.7. The van der Waals surface area contributed by atoms with Gasteiger partial charge in [-0.25, -0.2) is 8.78 Å². The number of piperidine rings is 1. The molecular formula is C17H24F2N2OS. The van der Waals surface area contributed by atoms with Gasteiger partial charge in [-0.05, 0) is 44.0 Å². The van der Waals surface area contributed by atoms with Crippen molar-refractivity contribution < 1.29 is 13.6 Å². The summed E-state index contributed by atoms with van der Waals surface area (Å²) in [5.74, 6) is -1.62. The van der Waals surface area contributed by atoms with Crippen molar-refractivity contribution in [3.05, 3.63) is 29.8 Å². The summed E-state index contributed by atoms with van der Waals surface area (Å²) in [6.07, 6.45) is 4.93. The van der Waals surface area contributed by atoms with Gasteiger partial charge < -0.3 is 5.32 Å². The standard InChI is InChI=1S/C17H24F2N2OS/c1-2-13-5-3-4-9-21(13)10-8-20-17(22)12-23-14-6-7-15(18)16(19)11-14/h6-7,11,13H,2-5,8-10,12H2,1H3,(H,20,22). The first-order valence-corrected chi connectivity index (χ1v) is 9.17. The van der Waals surface area contributed by atoms with Crippen molar-refractivity contribution in [2.24, 2.45) is 0 Å². The first-order chi connectivity index (χ1) is 11.1. The summed E-state index contributed by atoms with van der Waals surface area (Å²) in [6.45, 7) is 4.83. The van der Waals surface area contributed by atoms with E-state index in [1.807, 2.05) is 0 Å². The predicted molar refractivity (Wildman–Crippen MR) is 89.6 cm³/mol. The van der Waals surface area contributed by atoms with Gasteiger partial charge >= 0.3 is 0 Å². The molecule has 6 heteroatoms. The summed E-state index contributed by atoms with van der Waals surface area (Å²) >= 11 is 1.21. The molecule has 0 spiro atoms. The number of benzene rings is 1. The SMILES string of the molecule is CCC1CCCCN1CCNC(=O)CSc1ccc(F)c(F)c1. The summed E-state index contributed by atoms with van der Waals surface area (Å²) in [4.78, 5) is 14.8. The van der Waals surface area contributed by atoms with Crippen molar-refractivity contribution in [3.8, 4) is 0 Å². The van der Waals surface area contributed by atoms with Crippen LogP contribution in [0.15, 0.2) is 23.1 Å². The zero-order valence-corrected chi connectivity index (χ0v) is 14.3. The molecule has 1 saturated heterocycles. The Morgan fingerprint density at radius 2 is 2.17 bits per heavy atom. The van der Waals surface area contributed by atoms with Crippen LogP contribution in [0.2, 0.25) is 0 Å². The van der Waals surface area contributed by atoms with Crippen molar-refractivity contribution in [1.29, 1.82) is 0 Å². The van der Waals surface area contributed by atoms with Crippen molar-refractivity contribution in [1.82, 2.24) is 10.2 Å². The quantitative estimate of drug-likeness (QED) is 0.771. The predicted octanol–water partition coefficient (Wildman–Crippen LogP) is 3.44. The zero-order valence-electron chi connectivity index (χ0n) is 13.5. The van der Waals surface area contributed by atoms with Gasteiger partial charge in [0, 0.05) is 24.0 Å². The van der Waals surface area contributed by atoms with Crippen LogP contribution in [0.5, 0.6) is 0 Å². The van der Waals surface area contributed by atoms with Gasteiger partial charge in [0.05, 0.1) is 5.75 Å². The third kappa shape index (κ3) is 5.77. The minimum Gasteiger partial charge on any atom is -0.354 e. The van der Waals surface area contributed by atoms with Gasteiger partial charge in [-0.3, -0.25) is 9.69 Å². The van der Waals surface area contributed by atoms with Crippen LogP contribution in [0.1, 0.15) is 32.6 Å². The Balaban J connectivity index is 1.67.